The van der Waals surface area contributed by atoms with Gasteiger partial charge in [0.25, 0.3) is 0 Å². The van der Waals surface area contributed by atoms with Gasteiger partial charge in [-0.05, 0) is 32.1 Å². The highest BCUT2D eigenvalue weighted by molar-refractivity contribution is 4.83. The Kier molecular flexibility index (Phi) is 5.88. The molecule has 0 amide bonds. The lowest BCUT2D eigenvalue weighted by Crippen LogP contribution is -2.49. The maximum absolute atomic E-state index is 12.9. The first kappa shape index (κ1) is 15.7. The first-order chi connectivity index (χ1) is 8.38. The van der Waals surface area contributed by atoms with Gasteiger partial charge in [-0.25, -0.2) is 0 Å². The summed E-state index contributed by atoms with van der Waals surface area (Å²) in [5.74, 6) is 0. The SMILES string of the molecule is CCC(N)C(OC1CCCC(OC)C1)C(F)(F)F. The minimum atomic E-state index is -4.41. The van der Waals surface area contributed by atoms with Crippen molar-refractivity contribution >= 4 is 0 Å². The minimum Gasteiger partial charge on any atom is -0.381 e. The Balaban J connectivity index is 2.60. The predicted octanol–water partition coefficient (Wildman–Crippen LogP) is 2.63. The standard InChI is InChI=1S/C12H22F3NO2/c1-3-10(16)11(12(13,14)15)18-9-6-4-5-8(7-9)17-2/h8-11H,3-7,16H2,1-2H3. The van der Waals surface area contributed by atoms with Crippen molar-refractivity contribution in [3.63, 3.8) is 0 Å². The van der Waals surface area contributed by atoms with Crippen molar-refractivity contribution in [1.29, 1.82) is 0 Å². The van der Waals surface area contributed by atoms with Gasteiger partial charge in [0, 0.05) is 13.2 Å². The van der Waals surface area contributed by atoms with Crippen molar-refractivity contribution in [3.8, 4) is 0 Å². The average Bonchev–Trinajstić information content (AvgIpc) is 2.34. The Hall–Kier alpha value is -0.330. The van der Waals surface area contributed by atoms with Crippen LogP contribution < -0.4 is 5.73 Å². The van der Waals surface area contributed by atoms with E-state index in [1.54, 1.807) is 14.0 Å². The Morgan fingerprint density at radius 1 is 1.28 bits per heavy atom. The highest BCUT2D eigenvalue weighted by atomic mass is 19.4. The summed E-state index contributed by atoms with van der Waals surface area (Å²) < 4.78 is 49.0. The molecule has 1 fully saturated rings. The summed E-state index contributed by atoms with van der Waals surface area (Å²) in [6.45, 7) is 1.63. The fraction of sp³-hybridized carbons (Fsp3) is 1.00. The van der Waals surface area contributed by atoms with Crippen LogP contribution in [0.5, 0.6) is 0 Å². The van der Waals surface area contributed by atoms with Crippen LogP contribution >= 0.6 is 0 Å². The summed E-state index contributed by atoms with van der Waals surface area (Å²) in [6.07, 6.45) is -3.59. The van der Waals surface area contributed by atoms with E-state index < -0.39 is 24.4 Å². The highest BCUT2D eigenvalue weighted by Crippen LogP contribution is 2.31. The predicted molar refractivity (Wildman–Crippen MR) is 62.2 cm³/mol. The van der Waals surface area contributed by atoms with Crippen molar-refractivity contribution in [2.75, 3.05) is 7.11 Å². The van der Waals surface area contributed by atoms with Gasteiger partial charge in [0.1, 0.15) is 0 Å². The van der Waals surface area contributed by atoms with Gasteiger partial charge in [-0.3, -0.25) is 0 Å². The van der Waals surface area contributed by atoms with Crippen LogP contribution in [0.25, 0.3) is 0 Å². The molecule has 4 atom stereocenters. The van der Waals surface area contributed by atoms with Crippen molar-refractivity contribution in [2.24, 2.45) is 5.73 Å². The van der Waals surface area contributed by atoms with Crippen LogP contribution in [0.1, 0.15) is 39.0 Å². The topological polar surface area (TPSA) is 44.5 Å². The molecule has 0 bridgehead atoms. The Bertz CT molecular complexity index is 248. The van der Waals surface area contributed by atoms with Gasteiger partial charge in [-0.1, -0.05) is 6.92 Å². The number of ether oxygens (including phenoxy) is 2. The van der Waals surface area contributed by atoms with E-state index in [1.807, 2.05) is 0 Å². The second-order valence-corrected chi connectivity index (χ2v) is 4.82. The minimum absolute atomic E-state index is 0.00418. The third kappa shape index (κ3) is 4.40. The van der Waals surface area contributed by atoms with E-state index in [-0.39, 0.29) is 12.5 Å². The van der Waals surface area contributed by atoms with Crippen LogP contribution in [-0.2, 0) is 9.47 Å². The van der Waals surface area contributed by atoms with Gasteiger partial charge in [-0.15, -0.1) is 0 Å². The van der Waals surface area contributed by atoms with Gasteiger partial charge >= 0.3 is 6.18 Å². The number of nitrogens with two attached hydrogens (primary N) is 1. The van der Waals surface area contributed by atoms with Crippen LogP contribution in [-0.4, -0.2) is 37.6 Å². The lowest BCUT2D eigenvalue weighted by atomic mass is 9.94. The van der Waals surface area contributed by atoms with E-state index in [9.17, 15) is 13.2 Å². The van der Waals surface area contributed by atoms with Gasteiger partial charge in [-0.2, -0.15) is 13.2 Å². The molecule has 1 aliphatic rings. The van der Waals surface area contributed by atoms with Gasteiger partial charge in [0.05, 0.1) is 12.2 Å². The third-order valence-corrected chi connectivity index (χ3v) is 3.43. The molecule has 0 radical (unpaired) electrons. The second kappa shape index (κ2) is 6.73. The fourth-order valence-corrected chi connectivity index (χ4v) is 2.28. The summed E-state index contributed by atoms with van der Waals surface area (Å²) in [7, 11) is 1.58. The number of alkyl halides is 3. The van der Waals surface area contributed by atoms with E-state index in [4.69, 9.17) is 15.2 Å². The molecular weight excluding hydrogens is 247 g/mol. The fourth-order valence-electron chi connectivity index (χ4n) is 2.28. The number of hydrogen-bond donors (Lipinski definition) is 1. The molecule has 108 valence electrons. The molecule has 1 rings (SSSR count). The van der Waals surface area contributed by atoms with Gasteiger partial charge in [0.15, 0.2) is 6.10 Å². The highest BCUT2D eigenvalue weighted by Gasteiger charge is 2.45. The molecular formula is C12H22F3NO2. The Morgan fingerprint density at radius 2 is 1.89 bits per heavy atom. The quantitative estimate of drug-likeness (QED) is 0.834. The molecule has 0 aliphatic heterocycles. The van der Waals surface area contributed by atoms with Crippen molar-refractivity contribution in [1.82, 2.24) is 0 Å². The van der Waals surface area contributed by atoms with Crippen LogP contribution in [0, 0.1) is 0 Å². The molecule has 0 aromatic carbocycles. The van der Waals surface area contributed by atoms with Gasteiger partial charge in [0.2, 0.25) is 0 Å². The monoisotopic (exact) mass is 269 g/mol. The van der Waals surface area contributed by atoms with Crippen molar-refractivity contribution < 1.29 is 22.6 Å². The number of methoxy groups -OCH3 is 1. The van der Waals surface area contributed by atoms with E-state index in [2.05, 4.69) is 0 Å². The molecule has 2 N–H and O–H groups in total. The molecule has 0 spiro atoms. The summed E-state index contributed by atoms with van der Waals surface area (Å²) in [5, 5.41) is 0. The first-order valence-electron chi connectivity index (χ1n) is 6.39. The first-order valence-corrected chi connectivity index (χ1v) is 6.39. The van der Waals surface area contributed by atoms with E-state index >= 15 is 0 Å². The average molecular weight is 269 g/mol. The zero-order valence-electron chi connectivity index (χ0n) is 10.9. The lowest BCUT2D eigenvalue weighted by molar-refractivity contribution is -0.244. The molecule has 18 heavy (non-hydrogen) atoms. The maximum atomic E-state index is 12.9. The van der Waals surface area contributed by atoms with Crippen molar-refractivity contribution in [2.45, 2.75) is 69.6 Å². The normalized spacial score (nSPS) is 29.0. The summed E-state index contributed by atoms with van der Waals surface area (Å²) >= 11 is 0. The molecule has 6 heteroatoms. The second-order valence-electron chi connectivity index (χ2n) is 4.82. The largest absolute Gasteiger partial charge is 0.416 e. The number of halogens is 3. The zero-order valence-corrected chi connectivity index (χ0v) is 10.9. The summed E-state index contributed by atoms with van der Waals surface area (Å²) in [4.78, 5) is 0. The molecule has 0 aromatic heterocycles. The summed E-state index contributed by atoms with van der Waals surface area (Å²) in [5.41, 5.74) is 5.51. The molecule has 0 heterocycles. The van der Waals surface area contributed by atoms with Crippen molar-refractivity contribution in [3.05, 3.63) is 0 Å². The third-order valence-electron chi connectivity index (χ3n) is 3.43. The summed E-state index contributed by atoms with van der Waals surface area (Å²) in [6, 6.07) is -1.01. The molecule has 0 aromatic rings. The van der Waals surface area contributed by atoms with Crippen LogP contribution in [0.4, 0.5) is 13.2 Å². The smallest absolute Gasteiger partial charge is 0.381 e. The molecule has 1 aliphatic carbocycles. The van der Waals surface area contributed by atoms with E-state index in [1.165, 1.54) is 0 Å². The molecule has 3 nitrogen and oxygen atoms in total. The number of hydrogen-bond acceptors (Lipinski definition) is 3. The maximum Gasteiger partial charge on any atom is 0.416 e. The molecule has 0 saturated heterocycles. The molecule has 4 unspecified atom stereocenters. The van der Waals surface area contributed by atoms with Gasteiger partial charge < -0.3 is 15.2 Å². The van der Waals surface area contributed by atoms with E-state index in [0.717, 1.165) is 12.8 Å². The Labute approximate surface area is 106 Å². The number of rotatable bonds is 5. The lowest BCUT2D eigenvalue weighted by Gasteiger charge is -2.34. The van der Waals surface area contributed by atoms with Crippen LogP contribution in [0.15, 0.2) is 0 Å². The molecule has 1 saturated carbocycles. The van der Waals surface area contributed by atoms with Crippen LogP contribution in [0.3, 0.4) is 0 Å². The zero-order chi connectivity index (χ0) is 13.8. The Morgan fingerprint density at radius 3 is 2.39 bits per heavy atom. The van der Waals surface area contributed by atoms with E-state index in [0.29, 0.717) is 12.8 Å². The van der Waals surface area contributed by atoms with Crippen LogP contribution in [0.2, 0.25) is 0 Å².